The van der Waals surface area contributed by atoms with Crippen LogP contribution in [0.4, 0.5) is 0 Å². The highest BCUT2D eigenvalue weighted by atomic mass is 32.2. The Labute approximate surface area is 472 Å². The standard InChI is InChI=1S/C13H28.C11H25N.C11H22O.C10H20O.C10H22O.C10H22S.3CH4/c1-12(2,3)10-8-7-9-11-13(4,5)6;1-10(2,3)8-7-9-12-11(4,5)6;1-10(2,3)8-7-9(12)11(4,5)6;1-9(2,3)7-8(11)10(4,5)6;1-8(9(2,3)4)11-10(5,6)7;1-9(2,3)7-8-11-10(4,5)6;;;/h7-11H2,1-6H3;12H,7-9H2,1-6H3;7-8H2,1-6H3;7H2,1-6H3;8H,1-7H3;7-8H2,1-6H3;3*1H4. The number of thioether (sulfide) groups is 1. The molecule has 1 unspecified atom stereocenters. The number of Topliss-reactive ketones (excluding diaryl/α,β-unsaturated/α-hetero) is 2. The fourth-order valence-corrected chi connectivity index (χ4v) is 6.88. The molecule has 0 fully saturated rings. The molecule has 0 heterocycles. The van der Waals surface area contributed by atoms with Crippen LogP contribution >= 0.6 is 11.8 Å². The lowest BCUT2D eigenvalue weighted by atomic mass is 9.80. The maximum Gasteiger partial charge on any atom is 0.138 e. The summed E-state index contributed by atoms with van der Waals surface area (Å²) in [5.41, 5.74) is 2.61. The van der Waals surface area contributed by atoms with Crippen molar-refractivity contribution in [2.24, 2.45) is 48.7 Å². The summed E-state index contributed by atoms with van der Waals surface area (Å²) >= 11 is 2.06. The maximum atomic E-state index is 11.5. The molecule has 0 saturated heterocycles. The van der Waals surface area contributed by atoms with Gasteiger partial charge in [0, 0.05) is 34.0 Å². The molecule has 0 aliphatic rings. The van der Waals surface area contributed by atoms with Gasteiger partial charge < -0.3 is 10.1 Å². The smallest absolute Gasteiger partial charge is 0.138 e. The Hall–Kier alpha value is -0.390. The van der Waals surface area contributed by atoms with Crippen molar-refractivity contribution in [3.05, 3.63) is 0 Å². The second-order valence-electron chi connectivity index (χ2n) is 34.2. The van der Waals surface area contributed by atoms with Crippen molar-refractivity contribution >= 4 is 23.3 Å². The van der Waals surface area contributed by atoms with Gasteiger partial charge in [-0.2, -0.15) is 11.8 Å². The zero-order valence-electron chi connectivity index (χ0n) is 55.9. The Morgan fingerprint density at radius 2 is 0.726 bits per heavy atom. The number of rotatable bonds is 13. The number of carbonyl (C=O) groups is 2. The number of carbonyl (C=O) groups excluding carboxylic acids is 2. The van der Waals surface area contributed by atoms with Crippen molar-refractivity contribution in [2.75, 3.05) is 12.3 Å². The first kappa shape index (κ1) is 92.0. The molecule has 1 atom stereocenters. The van der Waals surface area contributed by atoms with Crippen molar-refractivity contribution < 1.29 is 14.3 Å². The second-order valence-corrected chi connectivity index (χ2v) is 36.1. The van der Waals surface area contributed by atoms with Crippen LogP contribution in [0.5, 0.6) is 0 Å². The van der Waals surface area contributed by atoms with Crippen molar-refractivity contribution in [3.63, 3.8) is 0 Å². The molecule has 0 aromatic rings. The Morgan fingerprint density at radius 3 is 0.932 bits per heavy atom. The summed E-state index contributed by atoms with van der Waals surface area (Å²) in [4.78, 5) is 23.0. The summed E-state index contributed by atoms with van der Waals surface area (Å²) in [7, 11) is 0. The molecule has 73 heavy (non-hydrogen) atoms. The van der Waals surface area contributed by atoms with Crippen LogP contribution in [-0.4, -0.2) is 45.9 Å². The van der Waals surface area contributed by atoms with Gasteiger partial charge in [0.25, 0.3) is 0 Å². The molecule has 1 N–H and O–H groups in total. The summed E-state index contributed by atoms with van der Waals surface area (Å²) in [5.74, 6) is 2.01. The minimum atomic E-state index is -0.173. The highest BCUT2D eigenvalue weighted by Gasteiger charge is 2.27. The van der Waals surface area contributed by atoms with Gasteiger partial charge in [-0.1, -0.05) is 249 Å². The van der Waals surface area contributed by atoms with E-state index in [1.807, 2.05) is 41.5 Å². The predicted octanol–water partition coefficient (Wildman–Crippen LogP) is 23.8. The van der Waals surface area contributed by atoms with Crippen LogP contribution in [0.15, 0.2) is 0 Å². The first-order valence-electron chi connectivity index (χ1n) is 28.1. The molecule has 0 spiro atoms. The summed E-state index contributed by atoms with van der Waals surface area (Å²) in [6.07, 6.45) is 13.5. The van der Waals surface area contributed by atoms with E-state index in [2.05, 4.69) is 232 Å². The van der Waals surface area contributed by atoms with E-state index in [9.17, 15) is 9.59 Å². The van der Waals surface area contributed by atoms with Crippen molar-refractivity contribution in [2.45, 2.75) is 371 Å². The average Bonchev–Trinajstić information content (AvgIpc) is 3.01. The van der Waals surface area contributed by atoms with Gasteiger partial charge >= 0.3 is 0 Å². The lowest BCUT2D eigenvalue weighted by molar-refractivity contribution is -0.128. The summed E-state index contributed by atoms with van der Waals surface area (Å²) in [6, 6.07) is 0. The number of hydrogen-bond donors (Lipinski definition) is 1. The summed E-state index contributed by atoms with van der Waals surface area (Å²) < 4.78 is 6.24. The molecular formula is C68H151NO3S. The lowest BCUT2D eigenvalue weighted by Gasteiger charge is -2.33. The lowest BCUT2D eigenvalue weighted by Crippen LogP contribution is -2.36. The zero-order chi connectivity index (χ0) is 58.0. The fraction of sp³-hybridized carbons (Fsp3) is 0.971. The van der Waals surface area contributed by atoms with Crippen molar-refractivity contribution in [1.82, 2.24) is 5.32 Å². The SMILES string of the molecule is C.C.C.CC(C)(C)CC(=O)C(C)(C)C.CC(C)(C)CCC(=O)C(C)(C)C.CC(C)(C)CCCCCC(C)(C)C.CC(C)(C)CCCNC(C)(C)C.CC(C)(C)CCSC(C)(C)C.CC(OC(C)(C)C)C(C)(C)C. The van der Waals surface area contributed by atoms with Gasteiger partial charge in [0.1, 0.15) is 11.6 Å². The molecular weight excluding hydrogens is 911 g/mol. The van der Waals surface area contributed by atoms with E-state index in [4.69, 9.17) is 4.74 Å². The minimum absolute atomic E-state index is 0. The summed E-state index contributed by atoms with van der Waals surface area (Å²) in [5, 5.41) is 3.49. The van der Waals surface area contributed by atoms with Gasteiger partial charge in [0.05, 0.1) is 11.7 Å². The number of nitrogens with one attached hydrogen (secondary N) is 1. The van der Waals surface area contributed by atoms with Crippen LogP contribution in [0.1, 0.15) is 349 Å². The molecule has 4 nitrogen and oxygen atoms in total. The Balaban J connectivity index is -0.0000000955. The third kappa shape index (κ3) is 94.5. The van der Waals surface area contributed by atoms with Gasteiger partial charge in [-0.3, -0.25) is 9.59 Å². The van der Waals surface area contributed by atoms with Crippen molar-refractivity contribution in [3.8, 4) is 0 Å². The van der Waals surface area contributed by atoms with E-state index in [0.29, 0.717) is 56.9 Å². The second kappa shape index (κ2) is 38.3. The molecule has 0 aromatic heterocycles. The first-order chi connectivity index (χ1) is 30.0. The molecule has 0 aromatic carbocycles. The topological polar surface area (TPSA) is 55.4 Å². The van der Waals surface area contributed by atoms with E-state index >= 15 is 0 Å². The largest absolute Gasteiger partial charge is 0.372 e. The van der Waals surface area contributed by atoms with Crippen molar-refractivity contribution in [1.29, 1.82) is 0 Å². The molecule has 5 heteroatoms. The molecule has 0 rings (SSSR count). The van der Waals surface area contributed by atoms with Gasteiger partial charge in [-0.25, -0.2) is 0 Å². The van der Waals surface area contributed by atoms with E-state index in [1.54, 1.807) is 0 Å². The zero-order valence-corrected chi connectivity index (χ0v) is 56.7. The molecule has 452 valence electrons. The monoisotopic (exact) mass is 1060 g/mol. The number of ketones is 2. The average molecular weight is 1060 g/mol. The Kier molecular flexibility index (Phi) is 48.2. The minimum Gasteiger partial charge on any atom is -0.372 e. The highest BCUT2D eigenvalue weighted by Crippen LogP contribution is 2.31. The highest BCUT2D eigenvalue weighted by molar-refractivity contribution is 8.00. The van der Waals surface area contributed by atoms with E-state index < -0.39 is 0 Å². The quantitative estimate of drug-likeness (QED) is 0.186. The molecule has 0 bridgehead atoms. The predicted molar refractivity (Wildman–Crippen MR) is 346 cm³/mol. The third-order valence-corrected chi connectivity index (χ3v) is 12.0. The maximum absolute atomic E-state index is 11.5. The van der Waals surface area contributed by atoms with Crippen LogP contribution in [0.3, 0.4) is 0 Å². The van der Waals surface area contributed by atoms with Crippen LogP contribution < -0.4 is 5.32 Å². The fourth-order valence-electron chi connectivity index (χ4n) is 5.55. The third-order valence-electron chi connectivity index (χ3n) is 10.7. The van der Waals surface area contributed by atoms with Crippen LogP contribution in [0.25, 0.3) is 0 Å². The summed E-state index contributed by atoms with van der Waals surface area (Å²) in [6.45, 7) is 82.0. The Morgan fingerprint density at radius 1 is 0.411 bits per heavy atom. The van der Waals surface area contributed by atoms with E-state index in [-0.39, 0.29) is 60.5 Å². The van der Waals surface area contributed by atoms with Crippen LogP contribution in [-0.2, 0) is 14.3 Å². The van der Waals surface area contributed by atoms with E-state index in [1.165, 1.54) is 57.1 Å². The normalized spacial score (nSPS) is 13.3. The number of unbranched alkanes of at least 4 members (excludes halogenated alkanes) is 2. The van der Waals surface area contributed by atoms with Gasteiger partial charge in [0.15, 0.2) is 0 Å². The molecule has 0 saturated carbocycles. The van der Waals surface area contributed by atoms with E-state index in [0.717, 1.165) is 13.0 Å². The van der Waals surface area contributed by atoms with Crippen LogP contribution in [0.2, 0.25) is 0 Å². The molecule has 0 amide bonds. The van der Waals surface area contributed by atoms with Gasteiger partial charge in [0.2, 0.25) is 0 Å². The first-order valence-corrected chi connectivity index (χ1v) is 29.1. The van der Waals surface area contributed by atoms with Gasteiger partial charge in [-0.15, -0.1) is 0 Å². The molecule has 0 aliphatic heterocycles. The van der Waals surface area contributed by atoms with Gasteiger partial charge in [-0.05, 0) is 137 Å². The molecule has 0 radical (unpaired) electrons. The number of hydrogen-bond acceptors (Lipinski definition) is 5. The van der Waals surface area contributed by atoms with Crippen LogP contribution in [0, 0.1) is 48.7 Å². The molecule has 0 aliphatic carbocycles. The number of ether oxygens (including phenoxy) is 1. The Bertz CT molecular complexity index is 1240.